The van der Waals surface area contributed by atoms with Crippen molar-refractivity contribution in [3.05, 3.63) is 84.4 Å². The lowest BCUT2D eigenvalue weighted by atomic mass is 10.0. The zero-order valence-corrected chi connectivity index (χ0v) is 16.1. The third-order valence-corrected chi connectivity index (χ3v) is 4.04. The van der Waals surface area contributed by atoms with E-state index in [-0.39, 0.29) is 23.9 Å². The summed E-state index contributed by atoms with van der Waals surface area (Å²) >= 11 is 0. The maximum absolute atomic E-state index is 13.7. The van der Waals surface area contributed by atoms with Crippen molar-refractivity contribution in [3.63, 3.8) is 0 Å². The SMILES string of the molecule is Cl.N[C@@H](c1ccc(Oc2ccccc2)c(Oc2ccccc2)c1)C(F)(F)C(F)(F)F. The molecule has 30 heavy (non-hydrogen) atoms. The number of rotatable bonds is 6. The first-order chi connectivity index (χ1) is 13.7. The van der Waals surface area contributed by atoms with Crippen LogP contribution in [0.25, 0.3) is 0 Å². The Kier molecular flexibility index (Phi) is 7.28. The number of hydrogen-bond donors (Lipinski definition) is 1. The fourth-order valence-electron chi connectivity index (χ4n) is 2.50. The highest BCUT2D eigenvalue weighted by Crippen LogP contribution is 2.45. The number of benzene rings is 3. The minimum absolute atomic E-state index is 0. The molecule has 0 bridgehead atoms. The molecule has 0 saturated heterocycles. The Morgan fingerprint density at radius 3 is 1.60 bits per heavy atom. The van der Waals surface area contributed by atoms with Crippen LogP contribution < -0.4 is 15.2 Å². The van der Waals surface area contributed by atoms with Crippen molar-refractivity contribution in [2.24, 2.45) is 5.73 Å². The minimum atomic E-state index is -5.79. The van der Waals surface area contributed by atoms with Gasteiger partial charge in [-0.05, 0) is 42.0 Å². The molecule has 1 atom stereocenters. The third-order valence-electron chi connectivity index (χ3n) is 4.04. The lowest BCUT2D eigenvalue weighted by Crippen LogP contribution is -2.45. The molecule has 3 nitrogen and oxygen atoms in total. The van der Waals surface area contributed by atoms with Crippen LogP contribution in [0.4, 0.5) is 22.0 Å². The molecule has 0 radical (unpaired) electrons. The number of hydrogen-bond acceptors (Lipinski definition) is 3. The van der Waals surface area contributed by atoms with Crippen molar-refractivity contribution in [1.29, 1.82) is 0 Å². The van der Waals surface area contributed by atoms with E-state index in [1.54, 1.807) is 60.7 Å². The van der Waals surface area contributed by atoms with Gasteiger partial charge < -0.3 is 15.2 Å². The van der Waals surface area contributed by atoms with Crippen LogP contribution in [-0.4, -0.2) is 12.1 Å². The van der Waals surface area contributed by atoms with Gasteiger partial charge in [0.1, 0.15) is 17.5 Å². The molecule has 3 aromatic rings. The topological polar surface area (TPSA) is 44.5 Å². The van der Waals surface area contributed by atoms with Gasteiger partial charge in [-0.25, -0.2) is 0 Å². The molecule has 0 heterocycles. The second-order valence-electron chi connectivity index (χ2n) is 6.13. The molecule has 0 unspecified atom stereocenters. The van der Waals surface area contributed by atoms with Gasteiger partial charge in [0.15, 0.2) is 11.5 Å². The average molecular weight is 446 g/mol. The van der Waals surface area contributed by atoms with Crippen LogP contribution in [0.3, 0.4) is 0 Å². The summed E-state index contributed by atoms with van der Waals surface area (Å²) < 4.78 is 76.8. The van der Waals surface area contributed by atoms with Crippen molar-refractivity contribution >= 4 is 12.4 Å². The summed E-state index contributed by atoms with van der Waals surface area (Å²) in [7, 11) is 0. The fourth-order valence-corrected chi connectivity index (χ4v) is 2.50. The van der Waals surface area contributed by atoms with Gasteiger partial charge in [0.05, 0.1) is 0 Å². The van der Waals surface area contributed by atoms with Crippen molar-refractivity contribution in [2.75, 3.05) is 0 Å². The average Bonchev–Trinajstić information content (AvgIpc) is 2.69. The van der Waals surface area contributed by atoms with Crippen LogP contribution in [0.5, 0.6) is 23.0 Å². The van der Waals surface area contributed by atoms with E-state index in [4.69, 9.17) is 15.2 Å². The van der Waals surface area contributed by atoms with E-state index in [0.717, 1.165) is 12.1 Å². The van der Waals surface area contributed by atoms with E-state index in [2.05, 4.69) is 0 Å². The first-order valence-electron chi connectivity index (χ1n) is 8.48. The van der Waals surface area contributed by atoms with Gasteiger partial charge in [-0.2, -0.15) is 22.0 Å². The molecule has 2 N–H and O–H groups in total. The molecule has 0 fully saturated rings. The molecule has 0 aliphatic carbocycles. The van der Waals surface area contributed by atoms with E-state index in [1.165, 1.54) is 6.07 Å². The molecule has 0 aliphatic rings. The zero-order chi connectivity index (χ0) is 21.1. The molecule has 0 spiro atoms. The van der Waals surface area contributed by atoms with Crippen LogP contribution in [0.15, 0.2) is 78.9 Å². The normalized spacial score (nSPS) is 12.6. The number of alkyl halides is 5. The molecular weight excluding hydrogens is 429 g/mol. The lowest BCUT2D eigenvalue weighted by Gasteiger charge is -2.26. The summed E-state index contributed by atoms with van der Waals surface area (Å²) in [5.74, 6) is -4.25. The number of nitrogens with two attached hydrogens (primary N) is 1. The van der Waals surface area contributed by atoms with Crippen LogP contribution in [0.1, 0.15) is 11.6 Å². The highest BCUT2D eigenvalue weighted by atomic mass is 35.5. The van der Waals surface area contributed by atoms with Gasteiger partial charge >= 0.3 is 12.1 Å². The summed E-state index contributed by atoms with van der Waals surface area (Å²) in [6, 6.07) is 17.6. The molecule has 160 valence electrons. The van der Waals surface area contributed by atoms with E-state index >= 15 is 0 Å². The number of halogens is 6. The molecule has 3 aromatic carbocycles. The Morgan fingerprint density at radius 2 is 1.13 bits per heavy atom. The number of para-hydroxylation sites is 2. The van der Waals surface area contributed by atoms with Crippen molar-refractivity contribution in [2.45, 2.75) is 18.1 Å². The second-order valence-corrected chi connectivity index (χ2v) is 6.13. The van der Waals surface area contributed by atoms with Crippen molar-refractivity contribution < 1.29 is 31.4 Å². The summed E-state index contributed by atoms with van der Waals surface area (Å²) in [6.07, 6.45) is -5.79. The summed E-state index contributed by atoms with van der Waals surface area (Å²) in [6.45, 7) is 0. The maximum atomic E-state index is 13.7. The predicted molar refractivity (Wildman–Crippen MR) is 105 cm³/mol. The summed E-state index contributed by atoms with van der Waals surface area (Å²) in [5.41, 5.74) is 4.81. The van der Waals surface area contributed by atoms with E-state index < -0.39 is 23.7 Å². The Hall–Kier alpha value is -2.84. The third kappa shape index (κ3) is 5.20. The zero-order valence-electron chi connectivity index (χ0n) is 15.3. The Balaban J connectivity index is 0.00000320. The molecule has 0 saturated carbocycles. The van der Waals surface area contributed by atoms with Crippen LogP contribution in [-0.2, 0) is 0 Å². The van der Waals surface area contributed by atoms with Gasteiger partial charge in [-0.15, -0.1) is 12.4 Å². The monoisotopic (exact) mass is 445 g/mol. The van der Waals surface area contributed by atoms with Crippen LogP contribution in [0.2, 0.25) is 0 Å². The first-order valence-corrected chi connectivity index (χ1v) is 8.48. The number of ether oxygens (including phenoxy) is 2. The first kappa shape index (κ1) is 23.4. The van der Waals surface area contributed by atoms with Gasteiger partial charge in [-0.3, -0.25) is 0 Å². The largest absolute Gasteiger partial charge is 0.455 e. The highest BCUT2D eigenvalue weighted by molar-refractivity contribution is 5.85. The predicted octanol–water partition coefficient (Wildman–Crippen LogP) is 6.89. The van der Waals surface area contributed by atoms with Crippen molar-refractivity contribution in [3.8, 4) is 23.0 Å². The summed E-state index contributed by atoms with van der Waals surface area (Å²) in [5, 5.41) is 0. The van der Waals surface area contributed by atoms with Gasteiger partial charge in [0.25, 0.3) is 0 Å². The van der Waals surface area contributed by atoms with E-state index in [1.807, 2.05) is 0 Å². The second kappa shape index (κ2) is 9.32. The quantitative estimate of drug-likeness (QED) is 0.420. The Bertz CT molecular complexity index is 953. The van der Waals surface area contributed by atoms with Crippen LogP contribution in [0, 0.1) is 0 Å². The van der Waals surface area contributed by atoms with E-state index in [0.29, 0.717) is 11.5 Å². The molecule has 0 aromatic heterocycles. The highest BCUT2D eigenvalue weighted by Gasteiger charge is 2.61. The van der Waals surface area contributed by atoms with Gasteiger partial charge in [0, 0.05) is 0 Å². The molecular formula is C21H17ClF5NO2. The molecule has 0 amide bonds. The standard InChI is InChI=1S/C21H16F5NO2.ClH/c22-20(23,21(24,25)26)19(27)14-11-12-17(28-15-7-3-1-4-8-15)18(13-14)29-16-9-5-2-6-10-16;/h1-13,19H,27H2;1H/t19-;/m0./s1. The smallest absolute Gasteiger partial charge is 0.453 e. The van der Waals surface area contributed by atoms with Gasteiger partial charge in [-0.1, -0.05) is 42.5 Å². The minimum Gasteiger partial charge on any atom is -0.453 e. The molecule has 3 rings (SSSR count). The van der Waals surface area contributed by atoms with Gasteiger partial charge in [0.2, 0.25) is 0 Å². The van der Waals surface area contributed by atoms with E-state index in [9.17, 15) is 22.0 Å². The maximum Gasteiger partial charge on any atom is 0.455 e. The Morgan fingerprint density at radius 1 is 0.667 bits per heavy atom. The molecule has 0 aliphatic heterocycles. The fraction of sp³-hybridized carbons (Fsp3) is 0.143. The Labute approximate surface area is 175 Å². The van der Waals surface area contributed by atoms with Crippen LogP contribution >= 0.6 is 12.4 Å². The molecule has 9 heteroatoms. The summed E-state index contributed by atoms with van der Waals surface area (Å²) in [4.78, 5) is 0. The lowest BCUT2D eigenvalue weighted by molar-refractivity contribution is -0.291. The van der Waals surface area contributed by atoms with Crippen molar-refractivity contribution in [1.82, 2.24) is 0 Å².